The number of alkyl halides is 1. The Balaban J connectivity index is 2.82. The van der Waals surface area contributed by atoms with E-state index in [0.29, 0.717) is 5.56 Å². The molecule has 0 saturated carbocycles. The molecule has 1 aromatic rings. The largest absolute Gasteiger partial charge is 0.243 e. The van der Waals surface area contributed by atoms with E-state index in [1.54, 1.807) is 12.3 Å². The third-order valence-corrected chi connectivity index (χ3v) is 2.48. The summed E-state index contributed by atoms with van der Waals surface area (Å²) in [6, 6.07) is 3.80. The molecule has 1 aromatic heterocycles. The Bertz CT molecular complexity index is 333. The molecule has 0 N–H and O–H groups in total. The van der Waals surface area contributed by atoms with E-state index in [9.17, 15) is 0 Å². The summed E-state index contributed by atoms with van der Waals surface area (Å²) in [6.45, 7) is 0. The highest BCUT2D eigenvalue weighted by molar-refractivity contribution is 9.09. The van der Waals surface area contributed by atoms with E-state index in [2.05, 4.69) is 20.9 Å². The first-order chi connectivity index (χ1) is 6.27. The van der Waals surface area contributed by atoms with Crippen LogP contribution in [0.4, 0.5) is 0 Å². The molecular weight excluding hydrogens is 251 g/mol. The van der Waals surface area contributed by atoms with Crippen molar-refractivity contribution in [2.75, 3.05) is 5.33 Å². The Kier molecular flexibility index (Phi) is 4.20. The molecule has 0 saturated heterocycles. The van der Waals surface area contributed by atoms with E-state index in [0.717, 1.165) is 23.7 Å². The lowest BCUT2D eigenvalue weighted by molar-refractivity contribution is 0.929. The number of aromatic nitrogens is 1. The molecule has 1 rings (SSSR count). The van der Waals surface area contributed by atoms with Gasteiger partial charge in [-0.05, 0) is 24.5 Å². The summed E-state index contributed by atoms with van der Waals surface area (Å²) < 4.78 is 0. The molecule has 1 heterocycles. The van der Waals surface area contributed by atoms with Crippen LogP contribution < -0.4 is 0 Å². The number of pyridine rings is 1. The summed E-state index contributed by atoms with van der Waals surface area (Å²) in [5, 5.41) is 9.92. The first kappa shape index (κ1) is 10.5. The van der Waals surface area contributed by atoms with Crippen molar-refractivity contribution >= 4 is 27.5 Å². The highest BCUT2D eigenvalue weighted by Crippen LogP contribution is 2.14. The van der Waals surface area contributed by atoms with Gasteiger partial charge in [-0.3, -0.25) is 0 Å². The number of halogens is 2. The second-order valence-corrected chi connectivity index (χ2v) is 3.74. The number of rotatable bonds is 3. The fourth-order valence-electron chi connectivity index (χ4n) is 0.977. The molecule has 0 aromatic carbocycles. The van der Waals surface area contributed by atoms with Crippen molar-refractivity contribution in [3.8, 4) is 6.07 Å². The average molecular weight is 260 g/mol. The maximum Gasteiger partial charge on any atom is 0.146 e. The fraction of sp³-hybridized carbons (Fsp3) is 0.333. The Labute approximate surface area is 90.7 Å². The Morgan fingerprint density at radius 2 is 2.38 bits per heavy atom. The molecule has 4 heteroatoms. The molecule has 0 unspecified atom stereocenters. The van der Waals surface area contributed by atoms with Crippen molar-refractivity contribution in [2.45, 2.75) is 12.8 Å². The Morgan fingerprint density at radius 1 is 1.62 bits per heavy atom. The van der Waals surface area contributed by atoms with E-state index in [1.165, 1.54) is 0 Å². The normalized spacial score (nSPS) is 9.62. The van der Waals surface area contributed by atoms with Crippen molar-refractivity contribution < 1.29 is 0 Å². The summed E-state index contributed by atoms with van der Waals surface area (Å²) in [5.74, 6) is 0. The summed E-state index contributed by atoms with van der Waals surface area (Å²) in [4.78, 5) is 3.93. The smallest absolute Gasteiger partial charge is 0.146 e. The second-order valence-electron chi connectivity index (χ2n) is 2.59. The lowest BCUT2D eigenvalue weighted by Gasteiger charge is -1.99. The summed E-state index contributed by atoms with van der Waals surface area (Å²) in [5.41, 5.74) is 1.51. The Hall–Kier alpha value is -0.590. The zero-order valence-electron chi connectivity index (χ0n) is 6.93. The molecule has 0 amide bonds. The lowest BCUT2D eigenvalue weighted by atomic mass is 10.1. The number of nitrogens with zero attached hydrogens (tertiary/aromatic N) is 2. The molecule has 2 nitrogen and oxygen atoms in total. The average Bonchev–Trinajstić information content (AvgIpc) is 2.16. The molecular formula is C9H8BrClN2. The van der Waals surface area contributed by atoms with Gasteiger partial charge in [-0.2, -0.15) is 5.26 Å². The summed E-state index contributed by atoms with van der Waals surface area (Å²) in [7, 11) is 0. The maximum absolute atomic E-state index is 8.68. The van der Waals surface area contributed by atoms with Crippen molar-refractivity contribution in [3.63, 3.8) is 0 Å². The van der Waals surface area contributed by atoms with Crippen LogP contribution in [0.2, 0.25) is 5.15 Å². The maximum atomic E-state index is 8.68. The minimum atomic E-state index is 0.282. The van der Waals surface area contributed by atoms with Crippen molar-refractivity contribution in [2.24, 2.45) is 0 Å². The van der Waals surface area contributed by atoms with Crippen LogP contribution in [0, 0.1) is 11.3 Å². The number of nitriles is 1. The van der Waals surface area contributed by atoms with Crippen molar-refractivity contribution in [1.82, 2.24) is 4.98 Å². The van der Waals surface area contributed by atoms with Gasteiger partial charge in [0.2, 0.25) is 0 Å². The van der Waals surface area contributed by atoms with Crippen molar-refractivity contribution in [3.05, 3.63) is 28.5 Å². The second kappa shape index (κ2) is 5.21. The molecule has 0 aliphatic heterocycles. The highest BCUT2D eigenvalue weighted by Gasteiger charge is 2.01. The van der Waals surface area contributed by atoms with Crippen LogP contribution in [-0.2, 0) is 6.42 Å². The molecule has 0 spiro atoms. The predicted molar refractivity (Wildman–Crippen MR) is 56.1 cm³/mol. The molecule has 0 aliphatic carbocycles. The number of hydrogen-bond acceptors (Lipinski definition) is 2. The molecule has 0 fully saturated rings. The minimum Gasteiger partial charge on any atom is -0.243 e. The highest BCUT2D eigenvalue weighted by atomic mass is 79.9. The van der Waals surface area contributed by atoms with E-state index in [1.807, 2.05) is 6.07 Å². The van der Waals surface area contributed by atoms with Crippen LogP contribution >= 0.6 is 27.5 Å². The summed E-state index contributed by atoms with van der Waals surface area (Å²) in [6.07, 6.45) is 3.67. The van der Waals surface area contributed by atoms with Crippen LogP contribution in [0.1, 0.15) is 17.5 Å². The van der Waals surface area contributed by atoms with Crippen molar-refractivity contribution in [1.29, 1.82) is 5.26 Å². The van der Waals surface area contributed by atoms with E-state index in [-0.39, 0.29) is 5.15 Å². The van der Waals surface area contributed by atoms with Crippen LogP contribution in [0.5, 0.6) is 0 Å². The summed E-state index contributed by atoms with van der Waals surface area (Å²) >= 11 is 9.03. The van der Waals surface area contributed by atoms with Crippen LogP contribution in [-0.4, -0.2) is 10.3 Å². The molecule has 0 atom stereocenters. The van der Waals surface area contributed by atoms with Gasteiger partial charge in [0.1, 0.15) is 11.2 Å². The predicted octanol–water partition coefficient (Wildman–Crippen LogP) is 2.93. The third kappa shape index (κ3) is 2.98. The van der Waals surface area contributed by atoms with Gasteiger partial charge in [-0.1, -0.05) is 27.5 Å². The van der Waals surface area contributed by atoms with Crippen LogP contribution in [0.25, 0.3) is 0 Å². The van der Waals surface area contributed by atoms with Crippen LogP contribution in [0.3, 0.4) is 0 Å². The molecule has 0 radical (unpaired) electrons. The van der Waals surface area contributed by atoms with Crippen LogP contribution in [0.15, 0.2) is 12.3 Å². The van der Waals surface area contributed by atoms with Gasteiger partial charge < -0.3 is 0 Å². The SMILES string of the molecule is N#Cc1cc(CCCBr)cnc1Cl. The monoisotopic (exact) mass is 258 g/mol. The standard InChI is InChI=1S/C9H8BrClN2/c10-3-1-2-7-4-8(5-12)9(11)13-6-7/h4,6H,1-3H2. The third-order valence-electron chi connectivity index (χ3n) is 1.62. The zero-order valence-corrected chi connectivity index (χ0v) is 9.27. The molecule has 0 bridgehead atoms. The van der Waals surface area contributed by atoms with Gasteiger partial charge in [-0.15, -0.1) is 0 Å². The van der Waals surface area contributed by atoms with Gasteiger partial charge in [0, 0.05) is 11.5 Å². The van der Waals surface area contributed by atoms with Gasteiger partial charge in [-0.25, -0.2) is 4.98 Å². The van der Waals surface area contributed by atoms with E-state index >= 15 is 0 Å². The minimum absolute atomic E-state index is 0.282. The number of aryl methyl sites for hydroxylation is 1. The zero-order chi connectivity index (χ0) is 9.68. The Morgan fingerprint density at radius 3 is 3.00 bits per heavy atom. The van der Waals surface area contributed by atoms with Gasteiger partial charge in [0.15, 0.2) is 0 Å². The molecule has 0 aliphatic rings. The van der Waals surface area contributed by atoms with Gasteiger partial charge in [0.25, 0.3) is 0 Å². The quantitative estimate of drug-likeness (QED) is 0.618. The number of hydrogen-bond donors (Lipinski definition) is 0. The van der Waals surface area contributed by atoms with Gasteiger partial charge >= 0.3 is 0 Å². The fourth-order valence-corrected chi connectivity index (χ4v) is 1.40. The molecule has 13 heavy (non-hydrogen) atoms. The first-order valence-electron chi connectivity index (χ1n) is 3.88. The van der Waals surface area contributed by atoms with Gasteiger partial charge in [0.05, 0.1) is 5.56 Å². The topological polar surface area (TPSA) is 36.7 Å². The van der Waals surface area contributed by atoms with E-state index < -0.39 is 0 Å². The molecule has 68 valence electrons. The lowest BCUT2D eigenvalue weighted by Crippen LogP contribution is -1.90. The van der Waals surface area contributed by atoms with E-state index in [4.69, 9.17) is 16.9 Å². The first-order valence-corrected chi connectivity index (χ1v) is 5.38.